The van der Waals surface area contributed by atoms with E-state index in [1.807, 2.05) is 12.1 Å². The number of benzene rings is 2. The number of piperazine rings is 1. The first-order valence-electron chi connectivity index (χ1n) is 9.62. The molecule has 1 saturated carbocycles. The van der Waals surface area contributed by atoms with Gasteiger partial charge in [-0.25, -0.2) is 0 Å². The largest absolute Gasteiger partial charge is 0.508 e. The molecular formula is C22H28N2O. The van der Waals surface area contributed by atoms with Gasteiger partial charge in [-0.15, -0.1) is 0 Å². The van der Waals surface area contributed by atoms with E-state index in [2.05, 4.69) is 46.2 Å². The van der Waals surface area contributed by atoms with Gasteiger partial charge < -0.3 is 10.0 Å². The Bertz CT molecular complexity index is 686. The molecule has 1 heterocycles. The number of nitrogens with zero attached hydrogens (tertiary/aromatic N) is 2. The van der Waals surface area contributed by atoms with Crippen molar-refractivity contribution in [1.82, 2.24) is 4.90 Å². The molecule has 1 aliphatic heterocycles. The van der Waals surface area contributed by atoms with E-state index in [0.717, 1.165) is 26.2 Å². The summed E-state index contributed by atoms with van der Waals surface area (Å²) in [6.45, 7) is 4.32. The lowest BCUT2D eigenvalue weighted by Gasteiger charge is -2.50. The van der Waals surface area contributed by atoms with Crippen molar-refractivity contribution in [1.29, 1.82) is 0 Å². The molecule has 25 heavy (non-hydrogen) atoms. The molecule has 1 N–H and O–H groups in total. The van der Waals surface area contributed by atoms with Crippen molar-refractivity contribution in [2.75, 3.05) is 31.1 Å². The van der Waals surface area contributed by atoms with Gasteiger partial charge in [-0.1, -0.05) is 49.6 Å². The maximum Gasteiger partial charge on any atom is 0.115 e. The van der Waals surface area contributed by atoms with Gasteiger partial charge in [-0.2, -0.15) is 0 Å². The SMILES string of the molecule is Oc1cccc(C2(N3CCN(c4ccccc4)CC3)CCCCC2)c1. The Morgan fingerprint density at radius 3 is 2.16 bits per heavy atom. The van der Waals surface area contributed by atoms with Gasteiger partial charge in [0.2, 0.25) is 0 Å². The molecule has 2 aromatic rings. The van der Waals surface area contributed by atoms with Crippen molar-refractivity contribution < 1.29 is 5.11 Å². The van der Waals surface area contributed by atoms with E-state index in [9.17, 15) is 5.11 Å². The highest BCUT2D eigenvalue weighted by atomic mass is 16.3. The van der Waals surface area contributed by atoms with Crippen LogP contribution in [0.15, 0.2) is 54.6 Å². The molecule has 0 spiro atoms. The van der Waals surface area contributed by atoms with Gasteiger partial charge in [-0.3, -0.25) is 4.90 Å². The van der Waals surface area contributed by atoms with E-state index in [1.54, 1.807) is 6.07 Å². The number of rotatable bonds is 3. The lowest BCUT2D eigenvalue weighted by Crippen LogP contribution is -2.56. The molecule has 3 heteroatoms. The van der Waals surface area contributed by atoms with E-state index < -0.39 is 0 Å². The van der Waals surface area contributed by atoms with Crippen molar-refractivity contribution in [2.45, 2.75) is 37.6 Å². The summed E-state index contributed by atoms with van der Waals surface area (Å²) in [5.74, 6) is 0.394. The van der Waals surface area contributed by atoms with Crippen LogP contribution in [0.25, 0.3) is 0 Å². The molecule has 2 aromatic carbocycles. The topological polar surface area (TPSA) is 26.7 Å². The first kappa shape index (κ1) is 16.5. The average molecular weight is 336 g/mol. The number of hydrogen-bond acceptors (Lipinski definition) is 3. The van der Waals surface area contributed by atoms with Gasteiger partial charge in [0.05, 0.1) is 0 Å². The fraction of sp³-hybridized carbons (Fsp3) is 0.455. The van der Waals surface area contributed by atoms with Gasteiger partial charge in [-0.05, 0) is 42.7 Å². The van der Waals surface area contributed by atoms with Crippen LogP contribution in [0, 0.1) is 0 Å². The molecular weight excluding hydrogens is 308 g/mol. The molecule has 2 fully saturated rings. The standard InChI is InChI=1S/C22H28N2O/c25-21-11-7-8-19(18-21)22(12-5-2-6-13-22)24-16-14-23(15-17-24)20-9-3-1-4-10-20/h1,3-4,7-11,18,25H,2,5-6,12-17H2. The third-order valence-corrected chi connectivity index (χ3v) is 6.07. The van der Waals surface area contributed by atoms with E-state index >= 15 is 0 Å². The minimum atomic E-state index is 0.111. The van der Waals surface area contributed by atoms with Crippen molar-refractivity contribution >= 4 is 5.69 Å². The molecule has 1 aliphatic carbocycles. The minimum absolute atomic E-state index is 0.111. The highest BCUT2D eigenvalue weighted by molar-refractivity contribution is 5.46. The van der Waals surface area contributed by atoms with Crippen molar-refractivity contribution in [3.8, 4) is 5.75 Å². The monoisotopic (exact) mass is 336 g/mol. The summed E-state index contributed by atoms with van der Waals surface area (Å²) in [5, 5.41) is 10.0. The third kappa shape index (κ3) is 3.25. The Morgan fingerprint density at radius 1 is 0.760 bits per heavy atom. The van der Waals surface area contributed by atoms with E-state index in [0.29, 0.717) is 5.75 Å². The quantitative estimate of drug-likeness (QED) is 0.901. The zero-order chi connectivity index (χ0) is 17.1. The second kappa shape index (κ2) is 7.09. The average Bonchev–Trinajstić information content (AvgIpc) is 2.69. The van der Waals surface area contributed by atoms with Crippen LogP contribution >= 0.6 is 0 Å². The highest BCUT2D eigenvalue weighted by Gasteiger charge is 2.40. The molecule has 0 unspecified atom stereocenters. The number of para-hydroxylation sites is 1. The summed E-state index contributed by atoms with van der Waals surface area (Å²) in [4.78, 5) is 5.19. The first-order valence-corrected chi connectivity index (χ1v) is 9.62. The zero-order valence-corrected chi connectivity index (χ0v) is 14.9. The van der Waals surface area contributed by atoms with Crippen LogP contribution in [0.5, 0.6) is 5.75 Å². The number of anilines is 1. The predicted octanol–water partition coefficient (Wildman–Crippen LogP) is 4.37. The van der Waals surface area contributed by atoms with E-state index in [4.69, 9.17) is 0 Å². The molecule has 0 radical (unpaired) electrons. The maximum absolute atomic E-state index is 10.0. The van der Waals surface area contributed by atoms with Gasteiger partial charge in [0.1, 0.15) is 5.75 Å². The molecule has 1 saturated heterocycles. The minimum Gasteiger partial charge on any atom is -0.508 e. The molecule has 0 amide bonds. The smallest absolute Gasteiger partial charge is 0.115 e. The van der Waals surface area contributed by atoms with E-state index in [1.165, 1.54) is 43.4 Å². The van der Waals surface area contributed by atoms with Crippen molar-refractivity contribution in [3.63, 3.8) is 0 Å². The summed E-state index contributed by atoms with van der Waals surface area (Å²) >= 11 is 0. The number of aromatic hydroxyl groups is 1. The second-order valence-corrected chi connectivity index (χ2v) is 7.45. The Kier molecular flexibility index (Phi) is 4.67. The molecule has 0 aromatic heterocycles. The van der Waals surface area contributed by atoms with Crippen LogP contribution in [0.3, 0.4) is 0 Å². The molecule has 132 valence electrons. The van der Waals surface area contributed by atoms with Gasteiger partial charge in [0.25, 0.3) is 0 Å². The second-order valence-electron chi connectivity index (χ2n) is 7.45. The fourth-order valence-corrected chi connectivity index (χ4v) is 4.75. The Morgan fingerprint density at radius 2 is 1.48 bits per heavy atom. The van der Waals surface area contributed by atoms with Gasteiger partial charge in [0, 0.05) is 37.4 Å². The number of hydrogen-bond donors (Lipinski definition) is 1. The number of phenols is 1. The van der Waals surface area contributed by atoms with Crippen molar-refractivity contribution in [2.24, 2.45) is 0 Å². The number of phenolic OH excluding ortho intramolecular Hbond substituents is 1. The van der Waals surface area contributed by atoms with Gasteiger partial charge >= 0.3 is 0 Å². The molecule has 4 rings (SSSR count). The van der Waals surface area contributed by atoms with Crippen LogP contribution < -0.4 is 4.90 Å². The summed E-state index contributed by atoms with van der Waals surface area (Å²) in [6, 6.07) is 18.7. The van der Waals surface area contributed by atoms with Crippen molar-refractivity contribution in [3.05, 3.63) is 60.2 Å². The molecule has 0 atom stereocenters. The Hall–Kier alpha value is -2.00. The van der Waals surface area contributed by atoms with Crippen LogP contribution in [0.1, 0.15) is 37.7 Å². The third-order valence-electron chi connectivity index (χ3n) is 6.07. The van der Waals surface area contributed by atoms with Gasteiger partial charge in [0.15, 0.2) is 0 Å². The summed E-state index contributed by atoms with van der Waals surface area (Å²) in [5.41, 5.74) is 2.75. The molecule has 0 bridgehead atoms. The highest BCUT2D eigenvalue weighted by Crippen LogP contribution is 2.43. The Labute approximate surface area is 150 Å². The van der Waals surface area contributed by atoms with Crippen LogP contribution in [0.2, 0.25) is 0 Å². The summed E-state index contributed by atoms with van der Waals surface area (Å²) < 4.78 is 0. The fourth-order valence-electron chi connectivity index (χ4n) is 4.75. The Balaban J connectivity index is 1.55. The maximum atomic E-state index is 10.0. The van der Waals surface area contributed by atoms with E-state index in [-0.39, 0.29) is 5.54 Å². The first-order chi connectivity index (χ1) is 12.3. The van der Waals surface area contributed by atoms with Crippen LogP contribution in [-0.4, -0.2) is 36.2 Å². The lowest BCUT2D eigenvalue weighted by molar-refractivity contribution is 0.0415. The van der Waals surface area contributed by atoms with Crippen LogP contribution in [0.4, 0.5) is 5.69 Å². The predicted molar refractivity (Wildman–Crippen MR) is 103 cm³/mol. The lowest BCUT2D eigenvalue weighted by atomic mass is 9.75. The zero-order valence-electron chi connectivity index (χ0n) is 14.9. The van der Waals surface area contributed by atoms with Crippen LogP contribution in [-0.2, 0) is 5.54 Å². The molecule has 2 aliphatic rings. The molecule has 3 nitrogen and oxygen atoms in total. The summed E-state index contributed by atoms with van der Waals surface area (Å²) in [6.07, 6.45) is 6.33. The summed E-state index contributed by atoms with van der Waals surface area (Å²) in [7, 11) is 0. The normalized spacial score (nSPS) is 21.2.